The molecule has 1 aliphatic carbocycles. The Morgan fingerprint density at radius 2 is 2.05 bits per heavy atom. The van der Waals surface area contributed by atoms with Gasteiger partial charge in [-0.25, -0.2) is 4.79 Å². The molecule has 1 aliphatic rings. The molecule has 0 bridgehead atoms. The van der Waals surface area contributed by atoms with E-state index in [-0.39, 0.29) is 18.1 Å². The Morgan fingerprint density at radius 1 is 1.35 bits per heavy atom. The Balaban J connectivity index is 2.08. The third-order valence-corrected chi connectivity index (χ3v) is 3.49. The second-order valence-electron chi connectivity index (χ2n) is 4.92. The lowest BCUT2D eigenvalue weighted by molar-refractivity contribution is -0.141. The van der Waals surface area contributed by atoms with Crippen molar-refractivity contribution in [1.29, 1.82) is 0 Å². The molecule has 1 aromatic heterocycles. The van der Waals surface area contributed by atoms with E-state index in [1.807, 2.05) is 0 Å². The van der Waals surface area contributed by atoms with E-state index in [1.54, 1.807) is 0 Å². The van der Waals surface area contributed by atoms with Crippen molar-refractivity contribution >= 4 is 17.7 Å². The number of nitrogens with zero attached hydrogens (tertiary/aromatic N) is 1. The summed E-state index contributed by atoms with van der Waals surface area (Å²) in [5, 5.41) is 11.8. The zero-order valence-electron chi connectivity index (χ0n) is 10.9. The number of ketones is 1. The smallest absolute Gasteiger partial charge is 0.326 e. The molecule has 20 heavy (non-hydrogen) atoms. The van der Waals surface area contributed by atoms with Crippen molar-refractivity contribution in [2.75, 3.05) is 0 Å². The van der Waals surface area contributed by atoms with Gasteiger partial charge in [-0.05, 0) is 30.9 Å². The normalized spacial score (nSPS) is 20.2. The number of Topliss-reactive ketones (excluding diaryl/α,β-unsaturated/α-hetero) is 1. The van der Waals surface area contributed by atoms with Crippen molar-refractivity contribution in [3.8, 4) is 0 Å². The first-order chi connectivity index (χ1) is 9.58. The highest BCUT2D eigenvalue weighted by Crippen LogP contribution is 2.24. The summed E-state index contributed by atoms with van der Waals surface area (Å²) >= 11 is 0. The van der Waals surface area contributed by atoms with Crippen LogP contribution in [0.2, 0.25) is 0 Å². The van der Waals surface area contributed by atoms with Crippen LogP contribution >= 0.6 is 0 Å². The van der Waals surface area contributed by atoms with E-state index in [9.17, 15) is 19.5 Å². The van der Waals surface area contributed by atoms with Crippen LogP contribution in [0.3, 0.4) is 0 Å². The number of aliphatic carboxylic acids is 1. The maximum absolute atomic E-state index is 12.0. The molecule has 1 fully saturated rings. The fraction of sp³-hybridized carbons (Fsp3) is 0.429. The van der Waals surface area contributed by atoms with E-state index < -0.39 is 17.9 Å². The number of aromatic nitrogens is 1. The predicted octanol–water partition coefficient (Wildman–Crippen LogP) is 1.02. The number of carbonyl (C=O) groups excluding carboxylic acids is 2. The summed E-state index contributed by atoms with van der Waals surface area (Å²) in [5.74, 6) is -1.84. The first-order valence-electron chi connectivity index (χ1n) is 6.53. The van der Waals surface area contributed by atoms with Crippen molar-refractivity contribution in [2.45, 2.75) is 31.7 Å². The van der Waals surface area contributed by atoms with Gasteiger partial charge in [0.1, 0.15) is 11.8 Å². The van der Waals surface area contributed by atoms with Crippen molar-refractivity contribution in [3.05, 3.63) is 30.1 Å². The number of rotatable bonds is 4. The van der Waals surface area contributed by atoms with E-state index in [2.05, 4.69) is 10.3 Å². The predicted molar refractivity (Wildman–Crippen MR) is 70.1 cm³/mol. The maximum atomic E-state index is 12.0. The molecule has 0 radical (unpaired) electrons. The van der Waals surface area contributed by atoms with Gasteiger partial charge in [-0.3, -0.25) is 14.6 Å². The quantitative estimate of drug-likeness (QED) is 0.856. The summed E-state index contributed by atoms with van der Waals surface area (Å²) in [6.07, 6.45) is 4.97. The van der Waals surface area contributed by atoms with Gasteiger partial charge in [0.2, 0.25) is 0 Å². The molecule has 0 aromatic carbocycles. The molecule has 2 rings (SSSR count). The van der Waals surface area contributed by atoms with Gasteiger partial charge in [0.15, 0.2) is 0 Å². The second-order valence-corrected chi connectivity index (χ2v) is 4.92. The zero-order chi connectivity index (χ0) is 14.5. The highest BCUT2D eigenvalue weighted by molar-refractivity contribution is 5.96. The molecule has 6 nitrogen and oxygen atoms in total. The summed E-state index contributed by atoms with van der Waals surface area (Å²) in [4.78, 5) is 38.6. The minimum Gasteiger partial charge on any atom is -0.480 e. The largest absolute Gasteiger partial charge is 0.480 e. The molecule has 1 aromatic rings. The van der Waals surface area contributed by atoms with E-state index in [1.165, 1.54) is 24.5 Å². The van der Waals surface area contributed by atoms with E-state index >= 15 is 0 Å². The molecule has 0 unspecified atom stereocenters. The number of carboxylic acid groups (broad SMARTS) is 1. The van der Waals surface area contributed by atoms with E-state index in [0.717, 1.165) is 0 Å². The van der Waals surface area contributed by atoms with Crippen molar-refractivity contribution in [1.82, 2.24) is 10.3 Å². The highest BCUT2D eigenvalue weighted by atomic mass is 16.4. The first-order valence-corrected chi connectivity index (χ1v) is 6.53. The number of carbonyl (C=O) groups is 3. The van der Waals surface area contributed by atoms with Crippen LogP contribution in [0.15, 0.2) is 24.5 Å². The molecular formula is C14H16N2O4. The summed E-state index contributed by atoms with van der Waals surface area (Å²) < 4.78 is 0. The summed E-state index contributed by atoms with van der Waals surface area (Å²) in [5.41, 5.74) is 0.355. The van der Waals surface area contributed by atoms with Gasteiger partial charge in [0.25, 0.3) is 5.91 Å². The third kappa shape index (κ3) is 3.40. The van der Waals surface area contributed by atoms with Gasteiger partial charge >= 0.3 is 5.97 Å². The fourth-order valence-electron chi connectivity index (χ4n) is 2.45. The number of amides is 1. The highest BCUT2D eigenvalue weighted by Gasteiger charge is 2.33. The Hall–Kier alpha value is -2.24. The standard InChI is InChI=1S/C14H16N2O4/c17-11-3-1-2-10(8-11)12(14(19)20)16-13(18)9-4-6-15-7-5-9/h4-7,10,12H,1-3,8H2,(H,16,18)(H,19,20)/t10-,12+/m1/s1. The van der Waals surface area contributed by atoms with Crippen LogP contribution in [-0.4, -0.2) is 33.8 Å². The van der Waals surface area contributed by atoms with Gasteiger partial charge in [-0.2, -0.15) is 0 Å². The SMILES string of the molecule is O=C1CCC[C@@H]([C@H](NC(=O)c2ccncc2)C(=O)O)C1. The molecular weight excluding hydrogens is 260 g/mol. The topological polar surface area (TPSA) is 96.4 Å². The van der Waals surface area contributed by atoms with E-state index in [4.69, 9.17) is 0 Å². The molecule has 6 heteroatoms. The van der Waals surface area contributed by atoms with Crippen LogP contribution in [-0.2, 0) is 9.59 Å². The average Bonchev–Trinajstić information content (AvgIpc) is 2.45. The maximum Gasteiger partial charge on any atom is 0.326 e. The van der Waals surface area contributed by atoms with Crippen LogP contribution < -0.4 is 5.32 Å². The van der Waals surface area contributed by atoms with Crippen LogP contribution in [0, 0.1) is 5.92 Å². The summed E-state index contributed by atoms with van der Waals surface area (Å²) in [6, 6.07) is 2.00. The minimum atomic E-state index is -1.10. The molecule has 0 spiro atoms. The lowest BCUT2D eigenvalue weighted by Gasteiger charge is -2.27. The molecule has 2 atom stereocenters. The summed E-state index contributed by atoms with van der Waals surface area (Å²) in [6.45, 7) is 0. The van der Waals surface area contributed by atoms with Crippen LogP contribution in [0.1, 0.15) is 36.0 Å². The first kappa shape index (κ1) is 14.2. The van der Waals surface area contributed by atoms with Gasteiger partial charge < -0.3 is 10.4 Å². The second kappa shape index (κ2) is 6.27. The van der Waals surface area contributed by atoms with Crippen molar-refractivity contribution in [2.24, 2.45) is 5.92 Å². The molecule has 106 valence electrons. The molecule has 1 heterocycles. The Morgan fingerprint density at radius 3 is 2.65 bits per heavy atom. The van der Waals surface area contributed by atoms with Crippen molar-refractivity contribution < 1.29 is 19.5 Å². The Bertz CT molecular complexity index is 515. The fourth-order valence-corrected chi connectivity index (χ4v) is 2.45. The lowest BCUT2D eigenvalue weighted by atomic mass is 9.83. The molecule has 0 saturated heterocycles. The van der Waals surface area contributed by atoms with Gasteiger partial charge in [-0.15, -0.1) is 0 Å². The monoisotopic (exact) mass is 276 g/mol. The number of carboxylic acids is 1. The summed E-state index contributed by atoms with van der Waals surface area (Å²) in [7, 11) is 0. The molecule has 2 N–H and O–H groups in total. The van der Waals surface area contributed by atoms with E-state index in [0.29, 0.717) is 24.8 Å². The zero-order valence-corrected chi connectivity index (χ0v) is 10.9. The van der Waals surface area contributed by atoms with Gasteiger partial charge in [-0.1, -0.05) is 0 Å². The van der Waals surface area contributed by atoms with Crippen LogP contribution in [0.4, 0.5) is 0 Å². The van der Waals surface area contributed by atoms with Crippen LogP contribution in [0.25, 0.3) is 0 Å². The number of nitrogens with one attached hydrogen (secondary N) is 1. The average molecular weight is 276 g/mol. The van der Waals surface area contributed by atoms with Gasteiger partial charge in [0.05, 0.1) is 0 Å². The van der Waals surface area contributed by atoms with Crippen LogP contribution in [0.5, 0.6) is 0 Å². The minimum absolute atomic E-state index is 0.0608. The molecule has 1 saturated carbocycles. The lowest BCUT2D eigenvalue weighted by Crippen LogP contribution is -2.47. The molecule has 1 amide bonds. The van der Waals surface area contributed by atoms with Crippen molar-refractivity contribution in [3.63, 3.8) is 0 Å². The number of hydrogen-bond donors (Lipinski definition) is 2. The van der Waals surface area contributed by atoms with Gasteiger partial charge in [0, 0.05) is 30.8 Å². The Kier molecular flexibility index (Phi) is 4.45. The number of pyridine rings is 1. The number of hydrogen-bond acceptors (Lipinski definition) is 4. The third-order valence-electron chi connectivity index (χ3n) is 3.49. The Labute approximate surface area is 116 Å². The molecule has 0 aliphatic heterocycles.